The maximum absolute atomic E-state index is 12.7. The van der Waals surface area contributed by atoms with Crippen LogP contribution in [-0.4, -0.2) is 37.2 Å². The molecule has 0 aromatic carbocycles. The average molecular weight is 777 g/mol. The Kier molecular flexibility index (Phi) is 41.2. The zero-order valence-corrected chi connectivity index (χ0v) is 35.9. The van der Waals surface area contributed by atoms with Crippen LogP contribution in [0.5, 0.6) is 0 Å². The number of ether oxygens (including phenoxy) is 3. The maximum Gasteiger partial charge on any atom is 0.306 e. The molecule has 316 valence electrons. The lowest BCUT2D eigenvalue weighted by atomic mass is 10.1. The van der Waals surface area contributed by atoms with Crippen molar-refractivity contribution < 1.29 is 28.6 Å². The molecule has 1 atom stereocenters. The fourth-order valence-corrected chi connectivity index (χ4v) is 5.49. The summed E-state index contributed by atoms with van der Waals surface area (Å²) in [5.74, 6) is -1.02. The Morgan fingerprint density at radius 2 is 0.714 bits per heavy atom. The van der Waals surface area contributed by atoms with Crippen LogP contribution < -0.4 is 0 Å². The highest BCUT2D eigenvalue weighted by Crippen LogP contribution is 2.11. The largest absolute Gasteiger partial charge is 0.462 e. The third-order valence-corrected chi connectivity index (χ3v) is 8.80. The minimum absolute atomic E-state index is 0.114. The van der Waals surface area contributed by atoms with Crippen LogP contribution in [0.4, 0.5) is 0 Å². The summed E-state index contributed by atoms with van der Waals surface area (Å²) in [4.78, 5) is 37.7. The van der Waals surface area contributed by atoms with Gasteiger partial charge >= 0.3 is 17.9 Å². The molecule has 0 aliphatic heterocycles. The SMILES string of the molecule is CC/C=C\C/C=C\C/C=C\C/C=C\CCCCCC(=O)OCC(COC(=O)CCCCCCC/C=C\CCCC)OC(=O)CCC/C=C\C/C=C\C/C=C\CC. The van der Waals surface area contributed by atoms with Gasteiger partial charge in [-0.05, 0) is 103 Å². The first-order chi connectivity index (χ1) is 27.5. The number of esters is 3. The van der Waals surface area contributed by atoms with E-state index in [0.717, 1.165) is 109 Å². The molecule has 0 saturated heterocycles. The summed E-state index contributed by atoms with van der Waals surface area (Å²) >= 11 is 0. The van der Waals surface area contributed by atoms with Gasteiger partial charge in [0.05, 0.1) is 0 Å². The fraction of sp³-hybridized carbons (Fsp3) is 0.620. The van der Waals surface area contributed by atoms with Gasteiger partial charge in [0.2, 0.25) is 0 Å². The van der Waals surface area contributed by atoms with Gasteiger partial charge in [-0.1, -0.05) is 157 Å². The van der Waals surface area contributed by atoms with E-state index >= 15 is 0 Å². The van der Waals surface area contributed by atoms with Crippen molar-refractivity contribution in [1.82, 2.24) is 0 Å². The number of allylic oxidation sites excluding steroid dienone is 16. The summed E-state index contributed by atoms with van der Waals surface area (Å²) in [5.41, 5.74) is 0. The Hall–Kier alpha value is -3.67. The van der Waals surface area contributed by atoms with Crippen LogP contribution in [0.3, 0.4) is 0 Å². The van der Waals surface area contributed by atoms with Crippen molar-refractivity contribution in [2.24, 2.45) is 0 Å². The van der Waals surface area contributed by atoms with E-state index in [4.69, 9.17) is 14.2 Å². The van der Waals surface area contributed by atoms with Gasteiger partial charge in [-0.15, -0.1) is 0 Å². The number of hydrogen-bond donors (Lipinski definition) is 0. The molecule has 0 amide bonds. The van der Waals surface area contributed by atoms with Gasteiger partial charge in [-0.2, -0.15) is 0 Å². The van der Waals surface area contributed by atoms with E-state index in [9.17, 15) is 14.4 Å². The Morgan fingerprint density at radius 3 is 1.18 bits per heavy atom. The van der Waals surface area contributed by atoms with E-state index in [2.05, 4.69) is 118 Å². The molecule has 0 fully saturated rings. The lowest BCUT2D eigenvalue weighted by Gasteiger charge is -2.18. The second-order valence-corrected chi connectivity index (χ2v) is 14.2. The highest BCUT2D eigenvalue weighted by Gasteiger charge is 2.19. The Labute approximate surface area is 343 Å². The van der Waals surface area contributed by atoms with E-state index in [1.807, 2.05) is 0 Å². The van der Waals surface area contributed by atoms with Gasteiger partial charge in [-0.25, -0.2) is 0 Å². The predicted octanol–water partition coefficient (Wildman–Crippen LogP) is 14.2. The molecule has 56 heavy (non-hydrogen) atoms. The molecular formula is C50H80O6. The Bertz CT molecular complexity index is 1170. The molecule has 0 heterocycles. The van der Waals surface area contributed by atoms with Crippen molar-refractivity contribution >= 4 is 17.9 Å². The van der Waals surface area contributed by atoms with Gasteiger partial charge in [0.25, 0.3) is 0 Å². The first kappa shape index (κ1) is 52.3. The molecule has 0 radical (unpaired) electrons. The maximum atomic E-state index is 12.7. The molecule has 0 aliphatic rings. The van der Waals surface area contributed by atoms with Gasteiger partial charge in [0.1, 0.15) is 13.2 Å². The highest BCUT2D eigenvalue weighted by molar-refractivity contribution is 5.71. The smallest absolute Gasteiger partial charge is 0.306 e. The Morgan fingerprint density at radius 1 is 0.375 bits per heavy atom. The zero-order chi connectivity index (χ0) is 40.8. The molecule has 0 spiro atoms. The number of unbranched alkanes of at least 4 members (excludes halogenated alkanes) is 11. The van der Waals surface area contributed by atoms with Crippen LogP contribution in [0.1, 0.15) is 181 Å². The lowest BCUT2D eigenvalue weighted by Crippen LogP contribution is -2.30. The number of hydrogen-bond acceptors (Lipinski definition) is 6. The second-order valence-electron chi connectivity index (χ2n) is 14.2. The van der Waals surface area contributed by atoms with Crippen molar-refractivity contribution in [3.63, 3.8) is 0 Å². The van der Waals surface area contributed by atoms with Crippen molar-refractivity contribution in [2.75, 3.05) is 13.2 Å². The number of carbonyl (C=O) groups is 3. The van der Waals surface area contributed by atoms with Crippen LogP contribution >= 0.6 is 0 Å². The van der Waals surface area contributed by atoms with Crippen molar-refractivity contribution in [3.05, 3.63) is 97.2 Å². The molecule has 0 saturated carbocycles. The summed E-state index contributed by atoms with van der Waals surface area (Å²) in [5, 5.41) is 0. The van der Waals surface area contributed by atoms with E-state index in [-0.39, 0.29) is 37.5 Å². The molecule has 1 unspecified atom stereocenters. The molecule has 0 bridgehead atoms. The molecule has 6 nitrogen and oxygen atoms in total. The van der Waals surface area contributed by atoms with Crippen LogP contribution in [0.25, 0.3) is 0 Å². The number of carbonyl (C=O) groups excluding carboxylic acids is 3. The molecule has 0 N–H and O–H groups in total. The molecule has 0 aromatic heterocycles. The third kappa shape index (κ3) is 41.5. The normalized spacial score (nSPS) is 13.0. The molecular weight excluding hydrogens is 697 g/mol. The highest BCUT2D eigenvalue weighted by atomic mass is 16.6. The molecule has 0 rings (SSSR count). The van der Waals surface area contributed by atoms with Gasteiger partial charge in [0.15, 0.2) is 6.10 Å². The van der Waals surface area contributed by atoms with E-state index in [0.29, 0.717) is 19.3 Å². The summed E-state index contributed by atoms with van der Waals surface area (Å²) in [6.45, 7) is 6.25. The van der Waals surface area contributed by atoms with E-state index < -0.39 is 6.10 Å². The summed E-state index contributed by atoms with van der Waals surface area (Å²) in [6, 6.07) is 0. The fourth-order valence-electron chi connectivity index (χ4n) is 5.49. The second kappa shape index (κ2) is 44.0. The number of rotatable bonds is 38. The average Bonchev–Trinajstić information content (AvgIpc) is 3.19. The quantitative estimate of drug-likeness (QED) is 0.0269. The summed E-state index contributed by atoms with van der Waals surface area (Å²) in [7, 11) is 0. The van der Waals surface area contributed by atoms with Crippen LogP contribution in [0, 0.1) is 0 Å². The Balaban J connectivity index is 4.51. The minimum atomic E-state index is -0.818. The van der Waals surface area contributed by atoms with Gasteiger partial charge < -0.3 is 14.2 Å². The third-order valence-electron chi connectivity index (χ3n) is 8.80. The van der Waals surface area contributed by atoms with E-state index in [1.54, 1.807) is 0 Å². The summed E-state index contributed by atoms with van der Waals surface area (Å²) in [6.07, 6.45) is 56.9. The van der Waals surface area contributed by atoms with Gasteiger partial charge in [0, 0.05) is 19.3 Å². The first-order valence-corrected chi connectivity index (χ1v) is 22.2. The predicted molar refractivity (Wildman–Crippen MR) is 237 cm³/mol. The monoisotopic (exact) mass is 777 g/mol. The van der Waals surface area contributed by atoms with Crippen LogP contribution in [0.2, 0.25) is 0 Å². The van der Waals surface area contributed by atoms with Crippen LogP contribution in [0.15, 0.2) is 97.2 Å². The minimum Gasteiger partial charge on any atom is -0.462 e. The molecule has 0 aliphatic carbocycles. The van der Waals surface area contributed by atoms with Gasteiger partial charge in [-0.3, -0.25) is 14.4 Å². The van der Waals surface area contributed by atoms with E-state index in [1.165, 1.54) is 25.7 Å². The summed E-state index contributed by atoms with van der Waals surface area (Å²) < 4.78 is 16.6. The first-order valence-electron chi connectivity index (χ1n) is 22.2. The lowest BCUT2D eigenvalue weighted by molar-refractivity contribution is -0.167. The van der Waals surface area contributed by atoms with Crippen LogP contribution in [-0.2, 0) is 28.6 Å². The topological polar surface area (TPSA) is 78.9 Å². The molecule has 0 aromatic rings. The zero-order valence-electron chi connectivity index (χ0n) is 35.9. The standard InChI is InChI=1S/C50H80O6/c1-4-7-10-13-16-19-22-23-24-25-26-29-31-34-37-40-43-49(52)55-46-47(56-50(53)44-41-38-35-32-28-21-18-15-12-9-6-3)45-54-48(51)42-39-36-33-30-27-20-17-14-11-8-5-2/h7,9-10,12,14,16-19,21,23-24,26,29,32,35,47H,4-6,8,11,13,15,20,22,25,27-28,30-31,33-34,36-46H2,1-3H3/b10-7-,12-9-,17-14-,19-16-,21-18-,24-23-,29-26-,35-32-. The van der Waals surface area contributed by atoms with Crippen molar-refractivity contribution in [1.29, 1.82) is 0 Å². The molecule has 6 heteroatoms. The van der Waals surface area contributed by atoms with Crippen molar-refractivity contribution in [2.45, 2.75) is 187 Å². The van der Waals surface area contributed by atoms with Crippen molar-refractivity contribution in [3.8, 4) is 0 Å².